The summed E-state index contributed by atoms with van der Waals surface area (Å²) in [7, 11) is -3.62. The highest BCUT2D eigenvalue weighted by molar-refractivity contribution is 7.89. The van der Waals surface area contributed by atoms with Crippen LogP contribution in [0.2, 0.25) is 0 Å². The van der Waals surface area contributed by atoms with Crippen LogP contribution in [0.1, 0.15) is 27.7 Å². The molecule has 2 aromatic carbocycles. The van der Waals surface area contributed by atoms with Crippen LogP contribution in [0.4, 0.5) is 5.00 Å². The Morgan fingerprint density at radius 3 is 2.55 bits per heavy atom. The molecule has 11 heteroatoms. The number of thiophene rings is 1. The number of benzene rings is 2. The van der Waals surface area contributed by atoms with Crippen molar-refractivity contribution in [2.75, 3.05) is 44.7 Å². The van der Waals surface area contributed by atoms with Gasteiger partial charge in [-0.1, -0.05) is 19.1 Å². The molecule has 1 amide bonds. The number of aromatic nitrogens is 1. The number of carbonyl (C=O) groups excluding carboxylic acids is 1. The van der Waals surface area contributed by atoms with Crippen molar-refractivity contribution in [1.82, 2.24) is 14.2 Å². The number of nitrogens with one attached hydrogen (secondary N) is 1. The lowest BCUT2D eigenvalue weighted by molar-refractivity contribution is 0.0730. The second kappa shape index (κ2) is 10.5. The van der Waals surface area contributed by atoms with E-state index in [2.05, 4.69) is 23.2 Å². The molecule has 4 heterocycles. The average Bonchev–Trinajstić information content (AvgIpc) is 3.53. The van der Waals surface area contributed by atoms with Gasteiger partial charge in [-0.15, -0.1) is 22.7 Å². The lowest BCUT2D eigenvalue weighted by Crippen LogP contribution is -2.40. The van der Waals surface area contributed by atoms with E-state index in [4.69, 9.17) is 9.72 Å². The van der Waals surface area contributed by atoms with Crippen molar-refractivity contribution in [2.24, 2.45) is 0 Å². The molecule has 0 aliphatic carbocycles. The summed E-state index contributed by atoms with van der Waals surface area (Å²) in [6.07, 6.45) is 0.912. The van der Waals surface area contributed by atoms with Gasteiger partial charge in [0, 0.05) is 42.2 Å². The largest absolute Gasteiger partial charge is 0.379 e. The molecule has 2 aliphatic heterocycles. The van der Waals surface area contributed by atoms with Crippen molar-refractivity contribution in [3.05, 3.63) is 64.5 Å². The van der Waals surface area contributed by atoms with E-state index in [1.807, 2.05) is 18.2 Å². The SMILES string of the molecule is CCN1CCc2c(sc(NC(=O)c3ccc(S(=O)(=O)N4CCOCC4)cc3)c2-c2nc3ccccc3s2)C1. The minimum absolute atomic E-state index is 0.178. The summed E-state index contributed by atoms with van der Waals surface area (Å²) in [5.41, 5.74) is 3.64. The quantitative estimate of drug-likeness (QED) is 0.363. The van der Waals surface area contributed by atoms with Crippen molar-refractivity contribution < 1.29 is 17.9 Å². The van der Waals surface area contributed by atoms with Crippen molar-refractivity contribution in [3.63, 3.8) is 0 Å². The van der Waals surface area contributed by atoms with E-state index >= 15 is 0 Å². The fraction of sp³-hybridized carbons (Fsp3) is 0.333. The van der Waals surface area contributed by atoms with Gasteiger partial charge in [-0.3, -0.25) is 9.69 Å². The molecule has 2 aliphatic rings. The number of amides is 1. The van der Waals surface area contributed by atoms with Crippen LogP contribution in [0.5, 0.6) is 0 Å². The maximum absolute atomic E-state index is 13.4. The Bertz CT molecular complexity index is 1560. The fourth-order valence-electron chi connectivity index (χ4n) is 4.91. The Balaban J connectivity index is 1.30. The minimum Gasteiger partial charge on any atom is -0.379 e. The standard InChI is InChI=1S/C27H28N4O4S3/c1-2-30-12-11-20-23(17-30)37-27(24(20)26-28-21-5-3-4-6-22(21)36-26)29-25(32)18-7-9-19(10-8-18)38(33,34)31-13-15-35-16-14-31/h3-10H,2,11-17H2,1H3,(H,29,32). The van der Waals surface area contributed by atoms with Crippen molar-refractivity contribution >= 4 is 53.8 Å². The van der Waals surface area contributed by atoms with Crippen LogP contribution in [-0.2, 0) is 27.7 Å². The summed E-state index contributed by atoms with van der Waals surface area (Å²) in [6.45, 7) is 6.42. The third kappa shape index (κ3) is 4.78. The highest BCUT2D eigenvalue weighted by Crippen LogP contribution is 2.45. The van der Waals surface area contributed by atoms with E-state index in [1.54, 1.807) is 34.8 Å². The molecule has 1 N–H and O–H groups in total. The van der Waals surface area contributed by atoms with Gasteiger partial charge in [-0.2, -0.15) is 4.31 Å². The number of sulfonamides is 1. The Kier molecular flexibility index (Phi) is 7.06. The molecule has 0 bridgehead atoms. The normalized spacial score (nSPS) is 17.0. The second-order valence-corrected chi connectivity index (χ2v) is 13.4. The van der Waals surface area contributed by atoms with Gasteiger partial charge in [0.05, 0.1) is 28.3 Å². The molecule has 198 valence electrons. The van der Waals surface area contributed by atoms with Gasteiger partial charge < -0.3 is 10.1 Å². The van der Waals surface area contributed by atoms with Crippen LogP contribution in [0.15, 0.2) is 53.4 Å². The summed E-state index contributed by atoms with van der Waals surface area (Å²) in [6, 6.07) is 14.2. The Morgan fingerprint density at radius 1 is 1.05 bits per heavy atom. The van der Waals surface area contributed by atoms with Gasteiger partial charge in [0.2, 0.25) is 10.0 Å². The van der Waals surface area contributed by atoms with Crippen LogP contribution in [0, 0.1) is 0 Å². The molecular weight excluding hydrogens is 541 g/mol. The number of nitrogens with zero attached hydrogens (tertiary/aromatic N) is 3. The van der Waals surface area contributed by atoms with E-state index < -0.39 is 10.0 Å². The van der Waals surface area contributed by atoms with Gasteiger partial charge in [-0.25, -0.2) is 13.4 Å². The van der Waals surface area contributed by atoms with Gasteiger partial charge in [0.25, 0.3) is 5.91 Å². The smallest absolute Gasteiger partial charge is 0.256 e. The Labute approximate surface area is 229 Å². The fourth-order valence-corrected chi connectivity index (χ4v) is 8.71. The van der Waals surface area contributed by atoms with Crippen molar-refractivity contribution in [1.29, 1.82) is 0 Å². The molecular formula is C27H28N4O4S3. The summed E-state index contributed by atoms with van der Waals surface area (Å²) in [5.74, 6) is -0.270. The number of thiazole rings is 1. The zero-order chi connectivity index (χ0) is 26.3. The van der Waals surface area contributed by atoms with Crippen LogP contribution in [0.25, 0.3) is 20.8 Å². The van der Waals surface area contributed by atoms with Crippen molar-refractivity contribution in [2.45, 2.75) is 24.8 Å². The maximum atomic E-state index is 13.4. The molecule has 1 fully saturated rings. The monoisotopic (exact) mass is 568 g/mol. The number of anilines is 1. The maximum Gasteiger partial charge on any atom is 0.256 e. The molecule has 38 heavy (non-hydrogen) atoms. The zero-order valence-electron chi connectivity index (χ0n) is 21.0. The lowest BCUT2D eigenvalue weighted by atomic mass is 10.0. The van der Waals surface area contributed by atoms with Gasteiger partial charge in [0.1, 0.15) is 10.0 Å². The zero-order valence-corrected chi connectivity index (χ0v) is 23.4. The Hall–Kier alpha value is -2.67. The first-order valence-corrected chi connectivity index (χ1v) is 15.7. The summed E-state index contributed by atoms with van der Waals surface area (Å²) >= 11 is 3.25. The highest BCUT2D eigenvalue weighted by Gasteiger charge is 2.29. The predicted octanol–water partition coefficient (Wildman–Crippen LogP) is 4.68. The molecule has 6 rings (SSSR count). The molecule has 4 aromatic rings. The van der Waals surface area contributed by atoms with E-state index in [9.17, 15) is 13.2 Å². The minimum atomic E-state index is -3.62. The summed E-state index contributed by atoms with van der Waals surface area (Å²) in [5, 5.41) is 4.84. The number of fused-ring (bicyclic) bond motifs is 2. The topological polar surface area (TPSA) is 91.8 Å². The van der Waals surface area contributed by atoms with Gasteiger partial charge >= 0.3 is 0 Å². The molecule has 1 saturated heterocycles. The number of para-hydroxylation sites is 1. The molecule has 0 atom stereocenters. The first-order chi connectivity index (χ1) is 18.4. The average molecular weight is 569 g/mol. The van der Waals surface area contributed by atoms with Crippen molar-refractivity contribution in [3.8, 4) is 10.6 Å². The number of morpholine rings is 1. The van der Waals surface area contributed by atoms with Crippen LogP contribution in [0.3, 0.4) is 0 Å². The third-order valence-corrected chi connectivity index (χ3v) is 11.1. The van der Waals surface area contributed by atoms with Crippen LogP contribution in [-0.4, -0.2) is 67.9 Å². The number of carbonyl (C=O) groups is 1. The molecule has 8 nitrogen and oxygen atoms in total. The number of hydrogen-bond acceptors (Lipinski definition) is 8. The summed E-state index contributed by atoms with van der Waals surface area (Å²) < 4.78 is 33.7. The highest BCUT2D eigenvalue weighted by atomic mass is 32.2. The first-order valence-electron chi connectivity index (χ1n) is 12.7. The van der Waals surface area contributed by atoms with Gasteiger partial charge in [-0.05, 0) is 54.9 Å². The van der Waals surface area contributed by atoms with Crippen LogP contribution < -0.4 is 5.32 Å². The molecule has 0 saturated carbocycles. The molecule has 0 unspecified atom stereocenters. The van der Waals surface area contributed by atoms with Gasteiger partial charge in [0.15, 0.2) is 0 Å². The number of rotatable bonds is 6. The Morgan fingerprint density at radius 2 is 1.82 bits per heavy atom. The third-order valence-electron chi connectivity index (χ3n) is 7.04. The molecule has 0 radical (unpaired) electrons. The van der Waals surface area contributed by atoms with E-state index in [-0.39, 0.29) is 10.8 Å². The molecule has 0 spiro atoms. The van der Waals surface area contributed by atoms with E-state index in [1.165, 1.54) is 26.9 Å². The van der Waals surface area contributed by atoms with E-state index in [0.717, 1.165) is 51.8 Å². The number of ether oxygens (including phenoxy) is 1. The number of likely N-dealkylation sites (N-methyl/N-ethyl adjacent to an activating group) is 1. The first kappa shape index (κ1) is 25.6. The lowest BCUT2D eigenvalue weighted by Gasteiger charge is -2.26. The van der Waals surface area contributed by atoms with Crippen LogP contribution >= 0.6 is 22.7 Å². The summed E-state index contributed by atoms with van der Waals surface area (Å²) in [4.78, 5) is 22.1. The predicted molar refractivity (Wildman–Crippen MR) is 152 cm³/mol. The molecule has 2 aromatic heterocycles. The number of hydrogen-bond donors (Lipinski definition) is 1. The second-order valence-electron chi connectivity index (χ2n) is 9.31. The van der Waals surface area contributed by atoms with E-state index in [0.29, 0.717) is 31.9 Å².